The third-order valence-electron chi connectivity index (χ3n) is 5.70. The lowest BCUT2D eigenvalue weighted by Gasteiger charge is -2.20. The Morgan fingerprint density at radius 1 is 1.23 bits per heavy atom. The van der Waals surface area contributed by atoms with E-state index in [1.54, 1.807) is 23.1 Å². The Morgan fingerprint density at radius 3 is 2.77 bits per heavy atom. The number of nitrogens with zero attached hydrogens (tertiary/aromatic N) is 3. The molecule has 0 spiro atoms. The summed E-state index contributed by atoms with van der Waals surface area (Å²) in [6.45, 7) is 1.70. The van der Waals surface area contributed by atoms with Crippen LogP contribution in [0.2, 0.25) is 0 Å². The number of aromatic nitrogens is 2. The molecule has 2 aromatic rings. The van der Waals surface area contributed by atoms with Crippen LogP contribution in [0.15, 0.2) is 36.9 Å². The maximum absolute atomic E-state index is 12.7. The second-order valence-electron chi connectivity index (χ2n) is 8.19. The lowest BCUT2D eigenvalue weighted by molar-refractivity contribution is -0.125. The molecule has 2 aliphatic rings. The highest BCUT2D eigenvalue weighted by Crippen LogP contribution is 2.39. The zero-order valence-electron chi connectivity index (χ0n) is 22.2. The summed E-state index contributed by atoms with van der Waals surface area (Å²) in [7, 11) is 1.45. The van der Waals surface area contributed by atoms with E-state index in [1.807, 2.05) is 5.32 Å². The van der Waals surface area contributed by atoms with Gasteiger partial charge in [-0.05, 0) is 31.1 Å². The van der Waals surface area contributed by atoms with Crippen LogP contribution in [-0.4, -0.2) is 66.1 Å². The van der Waals surface area contributed by atoms with Crippen LogP contribution in [0.3, 0.4) is 0 Å². The summed E-state index contributed by atoms with van der Waals surface area (Å²) in [6.07, 6.45) is 3.19. The largest absolute Gasteiger partial charge is 0.491 e. The summed E-state index contributed by atoms with van der Waals surface area (Å²) in [5.74, 6) is -0.649. The SMILES string of the molecule is [2H]C([2H])([2H])NC(=O)c1nnc(NC(=O)C2CC2)cc1Nc1cccc(O[C@H]2CCN(C(=O)C=C)C2)c1OC. The van der Waals surface area contributed by atoms with E-state index in [0.29, 0.717) is 36.7 Å². The summed E-state index contributed by atoms with van der Waals surface area (Å²) >= 11 is 0. The number of nitrogens with one attached hydrogen (secondary N) is 3. The molecular weight excluding hydrogens is 452 g/mol. The molecule has 1 aliphatic heterocycles. The standard InChI is InChI=1S/C24H28N6O5/c1-4-20(31)30-11-10-15(13-30)35-18-7-5-6-16(22(18)34-3)26-17-12-19(27-23(32)14-8-9-14)28-29-21(17)24(33)25-2/h4-7,12,14-15H,1,8-11,13H2,2-3H3,(H,25,33)(H2,26,27,28,32)/t15-/m0/s1/i2D3. The predicted octanol–water partition coefficient (Wildman–Crippen LogP) is 2.10. The van der Waals surface area contributed by atoms with E-state index in [4.69, 9.17) is 13.6 Å². The van der Waals surface area contributed by atoms with E-state index in [9.17, 15) is 14.4 Å². The first-order valence-electron chi connectivity index (χ1n) is 12.6. The van der Waals surface area contributed by atoms with Crippen molar-refractivity contribution < 1.29 is 28.0 Å². The van der Waals surface area contributed by atoms with Crippen molar-refractivity contribution >= 4 is 34.9 Å². The van der Waals surface area contributed by atoms with Crippen LogP contribution in [0.1, 0.15) is 33.9 Å². The maximum atomic E-state index is 12.7. The monoisotopic (exact) mass is 483 g/mol. The average Bonchev–Trinajstić information content (AvgIpc) is 3.62. The number of carbonyl (C=O) groups is 3. The van der Waals surface area contributed by atoms with E-state index in [2.05, 4.69) is 27.4 Å². The molecule has 1 aromatic heterocycles. The van der Waals surface area contributed by atoms with Crippen molar-refractivity contribution in [3.63, 3.8) is 0 Å². The van der Waals surface area contributed by atoms with Gasteiger partial charge in [-0.25, -0.2) is 0 Å². The molecule has 1 aromatic carbocycles. The Hall–Kier alpha value is -4.15. The Balaban J connectivity index is 1.61. The highest BCUT2D eigenvalue weighted by molar-refractivity contribution is 6.00. The Morgan fingerprint density at radius 2 is 2.06 bits per heavy atom. The average molecular weight is 484 g/mol. The van der Waals surface area contributed by atoms with Crippen LogP contribution in [0.4, 0.5) is 17.2 Å². The van der Waals surface area contributed by atoms with Crippen LogP contribution in [0, 0.1) is 5.92 Å². The van der Waals surface area contributed by atoms with Crippen molar-refractivity contribution in [2.45, 2.75) is 25.4 Å². The number of anilines is 3. The van der Waals surface area contributed by atoms with Crippen LogP contribution in [-0.2, 0) is 9.59 Å². The normalized spacial score (nSPS) is 18.5. The fourth-order valence-corrected chi connectivity index (χ4v) is 3.74. The molecule has 4 rings (SSSR count). The lowest BCUT2D eigenvalue weighted by Crippen LogP contribution is -2.29. The van der Waals surface area contributed by atoms with Gasteiger partial charge in [0.25, 0.3) is 5.91 Å². The number of ether oxygens (including phenoxy) is 2. The number of amides is 3. The first kappa shape index (κ1) is 20.2. The number of carbonyl (C=O) groups excluding carboxylic acids is 3. The second-order valence-corrected chi connectivity index (χ2v) is 8.19. The number of rotatable bonds is 9. The minimum absolute atomic E-state index is 0.0889. The molecule has 0 unspecified atom stereocenters. The van der Waals surface area contributed by atoms with Crippen molar-refractivity contribution in [2.24, 2.45) is 5.92 Å². The predicted molar refractivity (Wildman–Crippen MR) is 129 cm³/mol. The summed E-state index contributed by atoms with van der Waals surface area (Å²) < 4.78 is 33.8. The molecule has 2 heterocycles. The van der Waals surface area contributed by atoms with Gasteiger partial charge in [-0.3, -0.25) is 14.4 Å². The minimum Gasteiger partial charge on any atom is -0.491 e. The highest BCUT2D eigenvalue weighted by atomic mass is 16.5. The molecular formula is C24H28N6O5. The Kier molecular flexibility index (Phi) is 6.02. The van der Waals surface area contributed by atoms with Crippen molar-refractivity contribution in [2.75, 3.05) is 37.8 Å². The molecule has 1 aliphatic carbocycles. The first-order valence-corrected chi connectivity index (χ1v) is 11.1. The van der Waals surface area contributed by atoms with Gasteiger partial charge in [0.2, 0.25) is 11.8 Å². The third kappa shape index (κ3) is 5.51. The summed E-state index contributed by atoms with van der Waals surface area (Å²) in [5, 5.41) is 15.3. The van der Waals surface area contributed by atoms with Gasteiger partial charge >= 0.3 is 0 Å². The summed E-state index contributed by atoms with van der Waals surface area (Å²) in [5.41, 5.74) is 0.178. The van der Waals surface area contributed by atoms with Gasteiger partial charge in [0.1, 0.15) is 6.10 Å². The number of likely N-dealkylation sites (tertiary alicyclic amines) is 1. The minimum atomic E-state index is -2.75. The van der Waals surface area contributed by atoms with E-state index in [0.717, 1.165) is 12.8 Å². The summed E-state index contributed by atoms with van der Waals surface area (Å²) in [4.78, 5) is 38.5. The van der Waals surface area contributed by atoms with Gasteiger partial charge in [-0.15, -0.1) is 10.2 Å². The van der Waals surface area contributed by atoms with Gasteiger partial charge in [0, 0.05) is 36.0 Å². The zero-order chi connectivity index (χ0) is 27.4. The molecule has 0 bridgehead atoms. The van der Waals surface area contributed by atoms with Crippen molar-refractivity contribution in [3.8, 4) is 11.5 Å². The van der Waals surface area contributed by atoms with E-state index < -0.39 is 12.9 Å². The Labute approximate surface area is 207 Å². The van der Waals surface area contributed by atoms with Gasteiger partial charge in [-0.2, -0.15) is 0 Å². The first-order chi connectivity index (χ1) is 18.1. The van der Waals surface area contributed by atoms with Crippen LogP contribution in [0.25, 0.3) is 0 Å². The van der Waals surface area contributed by atoms with Crippen LogP contribution in [0.5, 0.6) is 11.5 Å². The highest BCUT2D eigenvalue weighted by Gasteiger charge is 2.30. The van der Waals surface area contributed by atoms with E-state index >= 15 is 0 Å². The van der Waals surface area contributed by atoms with E-state index in [-0.39, 0.29) is 41.0 Å². The van der Waals surface area contributed by atoms with Gasteiger partial charge in [-0.1, -0.05) is 12.6 Å². The fraction of sp³-hybridized carbons (Fsp3) is 0.375. The number of para-hydroxylation sites is 1. The molecule has 1 atom stereocenters. The molecule has 2 fully saturated rings. The number of hydrogen-bond acceptors (Lipinski definition) is 8. The molecule has 1 saturated carbocycles. The van der Waals surface area contributed by atoms with Crippen molar-refractivity contribution in [1.82, 2.24) is 20.4 Å². The lowest BCUT2D eigenvalue weighted by atomic mass is 10.2. The number of hydrogen-bond donors (Lipinski definition) is 3. The molecule has 3 amide bonds. The topological polar surface area (TPSA) is 135 Å². The molecule has 1 saturated heterocycles. The third-order valence-corrected chi connectivity index (χ3v) is 5.70. The quantitative estimate of drug-likeness (QED) is 0.462. The molecule has 3 N–H and O–H groups in total. The molecule has 35 heavy (non-hydrogen) atoms. The number of methoxy groups -OCH3 is 1. The Bertz CT molecular complexity index is 1250. The second kappa shape index (κ2) is 10.4. The smallest absolute Gasteiger partial charge is 0.273 e. The molecule has 11 nitrogen and oxygen atoms in total. The van der Waals surface area contributed by atoms with Crippen molar-refractivity contribution in [1.29, 1.82) is 0 Å². The van der Waals surface area contributed by atoms with Crippen LogP contribution >= 0.6 is 0 Å². The summed E-state index contributed by atoms with van der Waals surface area (Å²) in [6, 6.07) is 6.47. The molecule has 184 valence electrons. The number of benzene rings is 1. The zero-order valence-corrected chi connectivity index (χ0v) is 19.2. The van der Waals surface area contributed by atoms with Crippen molar-refractivity contribution in [3.05, 3.63) is 42.6 Å². The molecule has 11 heteroatoms. The fourth-order valence-electron chi connectivity index (χ4n) is 3.74. The van der Waals surface area contributed by atoms with Gasteiger partial charge < -0.3 is 30.3 Å². The van der Waals surface area contributed by atoms with Crippen LogP contribution < -0.4 is 25.4 Å². The maximum Gasteiger partial charge on any atom is 0.273 e. The molecule has 0 radical (unpaired) electrons. The van der Waals surface area contributed by atoms with E-state index in [1.165, 1.54) is 19.3 Å². The van der Waals surface area contributed by atoms with Gasteiger partial charge in [0.05, 0.1) is 25.0 Å². The van der Waals surface area contributed by atoms with Gasteiger partial charge in [0.15, 0.2) is 23.0 Å².